The summed E-state index contributed by atoms with van der Waals surface area (Å²) in [6.45, 7) is 0.0405. The van der Waals surface area contributed by atoms with Gasteiger partial charge in [-0.05, 0) is 44.0 Å². The highest BCUT2D eigenvalue weighted by Gasteiger charge is 2.07. The molecule has 0 unspecified atom stereocenters. The molecule has 13 heavy (non-hydrogen) atoms. The van der Waals surface area contributed by atoms with Crippen molar-refractivity contribution in [3.8, 4) is 11.8 Å². The van der Waals surface area contributed by atoms with Crippen LogP contribution in [0.5, 0.6) is 5.75 Å². The van der Waals surface area contributed by atoms with Gasteiger partial charge in [0.15, 0.2) is 6.61 Å². The van der Waals surface area contributed by atoms with Crippen LogP contribution in [0.1, 0.15) is 0 Å². The highest BCUT2D eigenvalue weighted by atomic mass is 79.9. The first-order valence-corrected chi connectivity index (χ1v) is 5.67. The average molecular weight is 370 g/mol. The molecule has 0 N–H and O–H groups in total. The number of hydrogen-bond acceptors (Lipinski definition) is 2. The molecule has 0 aliphatic heterocycles. The maximum Gasteiger partial charge on any atom is 0.174 e. The van der Waals surface area contributed by atoms with E-state index in [2.05, 4.69) is 47.8 Å². The van der Waals surface area contributed by atoms with Crippen molar-refractivity contribution in [2.45, 2.75) is 0 Å². The Kier molecular flexibility index (Phi) is 4.23. The van der Waals surface area contributed by atoms with Crippen LogP contribution < -0.4 is 4.74 Å². The zero-order chi connectivity index (χ0) is 9.84. The summed E-state index contributed by atoms with van der Waals surface area (Å²) in [5, 5.41) is 8.35. The fourth-order valence-electron chi connectivity index (χ4n) is 0.771. The summed E-state index contributed by atoms with van der Waals surface area (Å²) in [7, 11) is 0. The Morgan fingerprint density at radius 1 is 1.23 bits per heavy atom. The molecule has 1 rings (SSSR count). The summed E-state index contributed by atoms with van der Waals surface area (Å²) in [6, 6.07) is 5.63. The van der Waals surface area contributed by atoms with Crippen LogP contribution in [0.25, 0.3) is 0 Å². The van der Waals surface area contributed by atoms with Gasteiger partial charge in [-0.1, -0.05) is 15.9 Å². The van der Waals surface area contributed by atoms with E-state index in [1.54, 1.807) is 0 Å². The highest BCUT2D eigenvalue weighted by molar-refractivity contribution is 9.11. The normalized spacial score (nSPS) is 9.38. The molecule has 0 aliphatic carbocycles. The molecule has 68 valence electrons. The van der Waals surface area contributed by atoms with Crippen molar-refractivity contribution < 1.29 is 4.74 Å². The lowest BCUT2D eigenvalue weighted by Gasteiger charge is -2.07. The van der Waals surface area contributed by atoms with E-state index in [0.29, 0.717) is 5.75 Å². The molecule has 0 saturated heterocycles. The summed E-state index contributed by atoms with van der Waals surface area (Å²) < 4.78 is 7.75. The van der Waals surface area contributed by atoms with Gasteiger partial charge in [0.25, 0.3) is 0 Å². The molecule has 0 spiro atoms. The van der Waals surface area contributed by atoms with Crippen molar-refractivity contribution in [3.63, 3.8) is 0 Å². The molecule has 0 heterocycles. The van der Waals surface area contributed by atoms with E-state index < -0.39 is 0 Å². The van der Waals surface area contributed by atoms with E-state index in [1.165, 1.54) is 0 Å². The van der Waals surface area contributed by atoms with Crippen molar-refractivity contribution in [1.29, 1.82) is 5.26 Å². The molecular formula is C8H4Br3NO. The van der Waals surface area contributed by atoms with Crippen LogP contribution in [0, 0.1) is 11.3 Å². The fraction of sp³-hybridized carbons (Fsp3) is 0.125. The van der Waals surface area contributed by atoms with Crippen molar-refractivity contribution in [3.05, 3.63) is 25.6 Å². The van der Waals surface area contributed by atoms with Crippen LogP contribution in [-0.2, 0) is 0 Å². The van der Waals surface area contributed by atoms with Gasteiger partial charge < -0.3 is 4.74 Å². The maximum atomic E-state index is 8.35. The van der Waals surface area contributed by atoms with Crippen molar-refractivity contribution in [2.75, 3.05) is 6.61 Å². The summed E-state index contributed by atoms with van der Waals surface area (Å²) in [6.07, 6.45) is 0. The Hall–Kier alpha value is -0.0500. The monoisotopic (exact) mass is 367 g/mol. The summed E-state index contributed by atoms with van der Waals surface area (Å²) in [5.41, 5.74) is 0. The topological polar surface area (TPSA) is 33.0 Å². The molecule has 0 fully saturated rings. The average Bonchev–Trinajstić information content (AvgIpc) is 2.02. The van der Waals surface area contributed by atoms with Crippen LogP contribution in [0.4, 0.5) is 0 Å². The summed E-state index contributed by atoms with van der Waals surface area (Å²) >= 11 is 10.0. The van der Waals surface area contributed by atoms with Gasteiger partial charge in [-0.2, -0.15) is 5.26 Å². The van der Waals surface area contributed by atoms with Gasteiger partial charge >= 0.3 is 0 Å². The zero-order valence-corrected chi connectivity index (χ0v) is 11.1. The van der Waals surface area contributed by atoms with Gasteiger partial charge in [0.1, 0.15) is 11.8 Å². The molecule has 0 aromatic heterocycles. The first-order chi connectivity index (χ1) is 6.15. The third kappa shape index (κ3) is 2.97. The number of ether oxygens (including phenoxy) is 1. The number of rotatable bonds is 2. The second-order valence-corrected chi connectivity index (χ2v) is 4.77. The van der Waals surface area contributed by atoms with E-state index in [9.17, 15) is 0 Å². The highest BCUT2D eigenvalue weighted by Crippen LogP contribution is 2.36. The van der Waals surface area contributed by atoms with E-state index in [0.717, 1.165) is 13.4 Å². The quantitative estimate of drug-likeness (QED) is 0.792. The van der Waals surface area contributed by atoms with Crippen molar-refractivity contribution in [1.82, 2.24) is 0 Å². The molecule has 0 atom stereocenters. The molecule has 1 aromatic carbocycles. The second-order valence-electron chi connectivity index (χ2n) is 2.15. The maximum absolute atomic E-state index is 8.35. The lowest BCUT2D eigenvalue weighted by atomic mass is 10.3. The molecule has 0 amide bonds. The van der Waals surface area contributed by atoms with Gasteiger partial charge in [-0.15, -0.1) is 0 Å². The lowest BCUT2D eigenvalue weighted by Crippen LogP contribution is -1.95. The van der Waals surface area contributed by atoms with E-state index in [4.69, 9.17) is 10.00 Å². The number of nitriles is 1. The Morgan fingerprint density at radius 2 is 1.77 bits per heavy atom. The molecule has 5 heteroatoms. The van der Waals surface area contributed by atoms with E-state index in [-0.39, 0.29) is 6.61 Å². The second kappa shape index (κ2) is 4.99. The van der Waals surface area contributed by atoms with Crippen LogP contribution >= 0.6 is 47.8 Å². The minimum Gasteiger partial charge on any atom is -0.476 e. The van der Waals surface area contributed by atoms with Gasteiger partial charge in [-0.3, -0.25) is 0 Å². The number of halogens is 3. The molecule has 0 aliphatic rings. The van der Waals surface area contributed by atoms with Crippen molar-refractivity contribution in [2.24, 2.45) is 0 Å². The summed E-state index contributed by atoms with van der Waals surface area (Å²) in [5.74, 6) is 0.643. The number of nitrogens with zero attached hydrogens (tertiary/aromatic N) is 1. The van der Waals surface area contributed by atoms with Gasteiger partial charge in [0.05, 0.1) is 8.95 Å². The predicted molar refractivity (Wildman–Crippen MR) is 60.7 cm³/mol. The van der Waals surface area contributed by atoms with Crippen LogP contribution in [0.3, 0.4) is 0 Å². The fourth-order valence-corrected chi connectivity index (χ4v) is 3.26. The van der Waals surface area contributed by atoms with Crippen LogP contribution in [0.15, 0.2) is 25.6 Å². The Labute approximate surface area is 101 Å². The third-order valence-electron chi connectivity index (χ3n) is 1.24. The van der Waals surface area contributed by atoms with E-state index >= 15 is 0 Å². The molecular weight excluding hydrogens is 366 g/mol. The minimum atomic E-state index is 0.0405. The van der Waals surface area contributed by atoms with Gasteiger partial charge in [-0.25, -0.2) is 0 Å². The van der Waals surface area contributed by atoms with Crippen LogP contribution in [0.2, 0.25) is 0 Å². The number of benzene rings is 1. The number of hydrogen-bond donors (Lipinski definition) is 0. The SMILES string of the molecule is N#CCOc1c(Br)cc(Br)cc1Br. The molecule has 2 nitrogen and oxygen atoms in total. The first kappa shape index (κ1) is 11.0. The van der Waals surface area contributed by atoms with Crippen LogP contribution in [-0.4, -0.2) is 6.61 Å². The first-order valence-electron chi connectivity index (χ1n) is 3.29. The lowest BCUT2D eigenvalue weighted by molar-refractivity contribution is 0.363. The Balaban J connectivity index is 3.00. The standard InChI is InChI=1S/C8H4Br3NO/c9-5-3-6(10)8(7(11)4-5)13-2-1-12/h3-4H,2H2. The van der Waals surface area contributed by atoms with Gasteiger partial charge in [0, 0.05) is 4.47 Å². The molecule has 0 bridgehead atoms. The Morgan fingerprint density at radius 3 is 2.23 bits per heavy atom. The third-order valence-corrected chi connectivity index (χ3v) is 2.88. The largest absolute Gasteiger partial charge is 0.476 e. The molecule has 0 saturated carbocycles. The zero-order valence-electron chi connectivity index (χ0n) is 6.35. The predicted octanol–water partition coefficient (Wildman–Crippen LogP) is 3.88. The molecule has 1 aromatic rings. The molecule has 0 radical (unpaired) electrons. The smallest absolute Gasteiger partial charge is 0.174 e. The Bertz CT molecular complexity index is 336. The van der Waals surface area contributed by atoms with E-state index in [1.807, 2.05) is 18.2 Å². The summed E-state index contributed by atoms with van der Waals surface area (Å²) in [4.78, 5) is 0. The van der Waals surface area contributed by atoms with Gasteiger partial charge in [0.2, 0.25) is 0 Å². The minimum absolute atomic E-state index is 0.0405. The van der Waals surface area contributed by atoms with Crippen molar-refractivity contribution >= 4 is 47.8 Å².